The molecule has 2 aromatic heterocycles. The number of thioether (sulfide) groups is 1. The zero-order valence-corrected chi connectivity index (χ0v) is 19.0. The average molecular weight is 419 g/mol. The van der Waals surface area contributed by atoms with E-state index in [4.69, 9.17) is 0 Å². The van der Waals surface area contributed by atoms with E-state index >= 15 is 0 Å². The van der Waals surface area contributed by atoms with Crippen LogP contribution < -0.4 is 0 Å². The van der Waals surface area contributed by atoms with Crippen molar-refractivity contribution in [1.82, 2.24) is 19.7 Å². The first-order valence-corrected chi connectivity index (χ1v) is 12.0. The minimum Gasteiger partial charge on any atom is -0.342 e. The van der Waals surface area contributed by atoms with Gasteiger partial charge >= 0.3 is 0 Å². The molecule has 1 unspecified atom stereocenters. The van der Waals surface area contributed by atoms with Crippen molar-refractivity contribution in [3.8, 4) is 10.7 Å². The molecule has 0 aromatic carbocycles. The van der Waals surface area contributed by atoms with Crippen LogP contribution >= 0.6 is 23.1 Å². The number of hydrogen-bond donors (Lipinski definition) is 0. The summed E-state index contributed by atoms with van der Waals surface area (Å²) < 4.78 is 2.04. The molecule has 2 aliphatic rings. The van der Waals surface area contributed by atoms with Gasteiger partial charge in [-0.25, -0.2) is 0 Å². The van der Waals surface area contributed by atoms with E-state index in [0.717, 1.165) is 42.8 Å². The second kappa shape index (κ2) is 7.82. The number of likely N-dealkylation sites (tertiary alicyclic amines) is 1. The van der Waals surface area contributed by atoms with Gasteiger partial charge < -0.3 is 9.47 Å². The van der Waals surface area contributed by atoms with Gasteiger partial charge in [-0.1, -0.05) is 32.5 Å². The molecule has 2 aromatic rings. The second-order valence-corrected chi connectivity index (χ2v) is 11.2. The lowest BCUT2D eigenvalue weighted by Gasteiger charge is -2.33. The third kappa shape index (κ3) is 4.01. The minimum absolute atomic E-state index is 0.215. The molecule has 1 atom stereocenters. The van der Waals surface area contributed by atoms with Crippen LogP contribution in [0, 0.1) is 11.3 Å². The minimum atomic E-state index is 0.215. The van der Waals surface area contributed by atoms with E-state index in [1.165, 1.54) is 46.3 Å². The van der Waals surface area contributed by atoms with Gasteiger partial charge in [-0.2, -0.15) is 0 Å². The summed E-state index contributed by atoms with van der Waals surface area (Å²) in [4.78, 5) is 17.0. The van der Waals surface area contributed by atoms with Crippen LogP contribution in [0.5, 0.6) is 0 Å². The Balaban J connectivity index is 1.46. The van der Waals surface area contributed by atoms with Gasteiger partial charge in [0.15, 0.2) is 11.0 Å². The number of hydrogen-bond acceptors (Lipinski definition) is 5. The topological polar surface area (TPSA) is 51.0 Å². The van der Waals surface area contributed by atoms with Gasteiger partial charge in [0, 0.05) is 25.0 Å². The van der Waals surface area contributed by atoms with Crippen molar-refractivity contribution in [3.63, 3.8) is 0 Å². The highest BCUT2D eigenvalue weighted by Crippen LogP contribution is 2.42. The summed E-state index contributed by atoms with van der Waals surface area (Å²) in [6, 6.07) is 2.33. The largest absolute Gasteiger partial charge is 0.342 e. The van der Waals surface area contributed by atoms with Crippen LogP contribution in [0.25, 0.3) is 10.7 Å². The molecule has 4 rings (SSSR count). The van der Waals surface area contributed by atoms with Gasteiger partial charge in [-0.3, -0.25) is 4.79 Å². The Hall–Kier alpha value is -1.34. The Morgan fingerprint density at radius 3 is 2.75 bits per heavy atom. The van der Waals surface area contributed by atoms with Gasteiger partial charge in [0.25, 0.3) is 0 Å². The highest BCUT2D eigenvalue weighted by atomic mass is 32.2. The predicted molar refractivity (Wildman–Crippen MR) is 116 cm³/mol. The van der Waals surface area contributed by atoms with Crippen LogP contribution in [-0.2, 0) is 24.7 Å². The molecular weight excluding hydrogens is 388 g/mol. The van der Waals surface area contributed by atoms with E-state index in [0.29, 0.717) is 11.2 Å². The zero-order valence-electron chi connectivity index (χ0n) is 17.3. The normalized spacial score (nSPS) is 19.9. The van der Waals surface area contributed by atoms with Crippen molar-refractivity contribution < 1.29 is 4.79 Å². The van der Waals surface area contributed by atoms with Gasteiger partial charge in [-0.15, -0.1) is 21.5 Å². The molecule has 1 amide bonds. The van der Waals surface area contributed by atoms with E-state index in [-0.39, 0.29) is 5.91 Å². The Morgan fingerprint density at radius 1 is 1.29 bits per heavy atom. The smallest absolute Gasteiger partial charge is 0.233 e. The predicted octanol–water partition coefficient (Wildman–Crippen LogP) is 4.41. The van der Waals surface area contributed by atoms with E-state index < -0.39 is 0 Å². The molecule has 0 N–H and O–H groups in total. The molecule has 1 aliphatic carbocycles. The van der Waals surface area contributed by atoms with Gasteiger partial charge in [-0.05, 0) is 55.1 Å². The Labute approximate surface area is 175 Å². The zero-order chi connectivity index (χ0) is 19.9. The summed E-state index contributed by atoms with van der Waals surface area (Å²) >= 11 is 3.36. The van der Waals surface area contributed by atoms with Gasteiger partial charge in [0.05, 0.1) is 10.6 Å². The van der Waals surface area contributed by atoms with Crippen LogP contribution in [0.2, 0.25) is 0 Å². The molecule has 7 heteroatoms. The number of carbonyl (C=O) groups is 1. The third-order valence-corrected chi connectivity index (χ3v) is 8.38. The Kier molecular flexibility index (Phi) is 5.58. The maximum atomic E-state index is 12.3. The average Bonchev–Trinajstić information content (AvgIpc) is 3.38. The summed E-state index contributed by atoms with van der Waals surface area (Å²) in [5.74, 6) is 2.32. The number of aromatic nitrogens is 3. The van der Waals surface area contributed by atoms with Gasteiger partial charge in [0.1, 0.15) is 0 Å². The van der Waals surface area contributed by atoms with Crippen LogP contribution in [0.15, 0.2) is 11.2 Å². The lowest BCUT2D eigenvalue weighted by molar-refractivity contribution is -0.127. The molecule has 1 saturated heterocycles. The summed E-state index contributed by atoms with van der Waals surface area (Å²) in [6.45, 7) is 8.86. The van der Waals surface area contributed by atoms with Crippen molar-refractivity contribution in [2.45, 2.75) is 58.0 Å². The van der Waals surface area contributed by atoms with Crippen molar-refractivity contribution in [2.24, 2.45) is 18.4 Å². The van der Waals surface area contributed by atoms with E-state index in [2.05, 4.69) is 37.0 Å². The Bertz CT molecular complexity index is 858. The molecule has 28 heavy (non-hydrogen) atoms. The number of nitrogens with zero attached hydrogens (tertiary/aromatic N) is 4. The first-order valence-electron chi connectivity index (χ1n) is 10.2. The van der Waals surface area contributed by atoms with Crippen molar-refractivity contribution in [1.29, 1.82) is 0 Å². The summed E-state index contributed by atoms with van der Waals surface area (Å²) in [7, 11) is 2.01. The van der Waals surface area contributed by atoms with Crippen LogP contribution in [-0.4, -0.2) is 44.4 Å². The Morgan fingerprint density at radius 2 is 2.04 bits per heavy atom. The third-order valence-electron chi connectivity index (χ3n) is 6.15. The first kappa shape index (κ1) is 20.0. The molecule has 3 heterocycles. The summed E-state index contributed by atoms with van der Waals surface area (Å²) in [5.41, 5.74) is 1.85. The number of fused-ring (bicyclic) bond motifs is 1. The van der Waals surface area contributed by atoms with E-state index in [9.17, 15) is 4.79 Å². The van der Waals surface area contributed by atoms with Gasteiger partial charge in [0.2, 0.25) is 5.91 Å². The maximum Gasteiger partial charge on any atom is 0.233 e. The number of amides is 1. The molecule has 1 aliphatic heterocycles. The van der Waals surface area contributed by atoms with Crippen LogP contribution in [0.3, 0.4) is 0 Å². The lowest BCUT2D eigenvalue weighted by Crippen LogP contribution is -2.29. The highest BCUT2D eigenvalue weighted by Gasteiger charge is 2.30. The van der Waals surface area contributed by atoms with Crippen molar-refractivity contribution in [3.05, 3.63) is 16.5 Å². The number of rotatable bonds is 4. The van der Waals surface area contributed by atoms with Crippen LogP contribution in [0.4, 0.5) is 0 Å². The highest BCUT2D eigenvalue weighted by molar-refractivity contribution is 7.99. The number of thiophene rings is 1. The quantitative estimate of drug-likeness (QED) is 0.690. The monoisotopic (exact) mass is 418 g/mol. The second-order valence-electron chi connectivity index (χ2n) is 9.11. The maximum absolute atomic E-state index is 12.3. The van der Waals surface area contributed by atoms with Crippen molar-refractivity contribution in [2.75, 3.05) is 18.8 Å². The number of aryl methyl sites for hydroxylation is 1. The molecule has 0 spiro atoms. The SMILES string of the molecule is Cn1c(SCC(=O)N2CCCC2)nnc1-c1cc2c(s1)CCC(C(C)(C)C)C2. The van der Waals surface area contributed by atoms with E-state index in [1.54, 1.807) is 0 Å². The fraction of sp³-hybridized carbons (Fsp3) is 0.667. The van der Waals surface area contributed by atoms with Crippen molar-refractivity contribution >= 4 is 29.0 Å². The fourth-order valence-electron chi connectivity index (χ4n) is 4.21. The molecule has 5 nitrogen and oxygen atoms in total. The summed E-state index contributed by atoms with van der Waals surface area (Å²) in [5, 5.41) is 9.63. The number of carbonyl (C=O) groups excluding carboxylic acids is 1. The molecule has 152 valence electrons. The standard InChI is InChI=1S/C21H30N4OS2/c1-21(2,3)15-7-8-16-14(11-15)12-17(28-16)19-22-23-20(24(19)4)27-13-18(26)25-9-5-6-10-25/h12,15H,5-11,13H2,1-4H3. The van der Waals surface area contributed by atoms with Crippen LogP contribution in [0.1, 0.15) is 50.5 Å². The molecule has 0 saturated carbocycles. The lowest BCUT2D eigenvalue weighted by atomic mass is 9.72. The first-order chi connectivity index (χ1) is 13.3. The summed E-state index contributed by atoms with van der Waals surface area (Å²) in [6.07, 6.45) is 5.87. The molecule has 0 radical (unpaired) electrons. The molecular formula is C21H30N4OS2. The fourth-order valence-corrected chi connectivity index (χ4v) is 6.26. The molecule has 1 fully saturated rings. The molecule has 0 bridgehead atoms. The van der Waals surface area contributed by atoms with E-state index in [1.807, 2.05) is 27.9 Å².